The molecule has 0 saturated heterocycles. The SMILES string of the molecule is O=C(F)C(F)CS(=O)(=O)F. The van der Waals surface area contributed by atoms with Gasteiger partial charge in [0.15, 0.2) is 0 Å². The Morgan fingerprint density at radius 2 is 1.90 bits per heavy atom. The van der Waals surface area contributed by atoms with E-state index in [-0.39, 0.29) is 0 Å². The molecular weight excluding hydrogens is 173 g/mol. The fourth-order valence-electron chi connectivity index (χ4n) is 0.240. The van der Waals surface area contributed by atoms with Gasteiger partial charge in [0.05, 0.1) is 0 Å². The molecule has 0 spiro atoms. The second-order valence-corrected chi connectivity index (χ2v) is 2.89. The van der Waals surface area contributed by atoms with Crippen LogP contribution in [-0.2, 0) is 15.0 Å². The number of rotatable bonds is 3. The van der Waals surface area contributed by atoms with Gasteiger partial charge in [0, 0.05) is 0 Å². The van der Waals surface area contributed by atoms with E-state index in [1.807, 2.05) is 0 Å². The lowest BCUT2D eigenvalue weighted by molar-refractivity contribution is -0.133. The fraction of sp³-hybridized carbons (Fsp3) is 0.667. The minimum Gasteiger partial charge on any atom is -0.258 e. The number of hydrogen-bond donors (Lipinski definition) is 0. The predicted molar refractivity (Wildman–Crippen MR) is 25.9 cm³/mol. The molecule has 0 bridgehead atoms. The summed E-state index contributed by atoms with van der Waals surface area (Å²) >= 11 is 0. The summed E-state index contributed by atoms with van der Waals surface area (Å²) in [6.07, 6.45) is -2.91. The zero-order valence-corrected chi connectivity index (χ0v) is 5.37. The van der Waals surface area contributed by atoms with E-state index < -0.39 is 28.2 Å². The van der Waals surface area contributed by atoms with Crippen LogP contribution in [0.5, 0.6) is 0 Å². The zero-order chi connectivity index (χ0) is 8.36. The maximum Gasteiger partial charge on any atom is 0.336 e. The van der Waals surface area contributed by atoms with Crippen LogP contribution in [0.2, 0.25) is 0 Å². The number of carbonyl (C=O) groups is 1. The molecule has 0 amide bonds. The Balaban J connectivity index is 4.06. The first-order valence-corrected chi connectivity index (χ1v) is 3.64. The maximum absolute atomic E-state index is 11.7. The highest BCUT2D eigenvalue weighted by molar-refractivity contribution is 7.86. The Bertz CT molecular complexity index is 221. The summed E-state index contributed by atoms with van der Waals surface area (Å²) in [6.45, 7) is 0. The first-order valence-electron chi connectivity index (χ1n) is 2.08. The van der Waals surface area contributed by atoms with Crippen molar-refractivity contribution in [2.24, 2.45) is 0 Å². The van der Waals surface area contributed by atoms with Crippen LogP contribution in [0.25, 0.3) is 0 Å². The van der Waals surface area contributed by atoms with Crippen LogP contribution in [0.1, 0.15) is 0 Å². The third-order valence-corrected chi connectivity index (χ3v) is 1.28. The predicted octanol–water partition coefficient (Wildman–Crippen LogP) is 0.120. The van der Waals surface area contributed by atoms with E-state index in [2.05, 4.69) is 0 Å². The first kappa shape index (κ1) is 9.41. The summed E-state index contributed by atoms with van der Waals surface area (Å²) in [5, 5.41) is 0. The summed E-state index contributed by atoms with van der Waals surface area (Å²) in [4.78, 5) is 9.35. The van der Waals surface area contributed by atoms with Crippen LogP contribution < -0.4 is 0 Å². The van der Waals surface area contributed by atoms with Gasteiger partial charge in [0.2, 0.25) is 6.17 Å². The van der Waals surface area contributed by atoms with Crippen LogP contribution >= 0.6 is 0 Å². The fourth-order valence-corrected chi connectivity index (χ4v) is 0.721. The minimum atomic E-state index is -5.10. The van der Waals surface area contributed by atoms with Gasteiger partial charge in [-0.15, -0.1) is 3.89 Å². The van der Waals surface area contributed by atoms with E-state index in [1.165, 1.54) is 0 Å². The average Bonchev–Trinajstić information content (AvgIpc) is 1.60. The molecule has 1 atom stereocenters. The van der Waals surface area contributed by atoms with Gasteiger partial charge in [-0.2, -0.15) is 12.8 Å². The Labute approximate surface area is 55.0 Å². The van der Waals surface area contributed by atoms with Gasteiger partial charge in [0.25, 0.3) is 0 Å². The Hall–Kier alpha value is -0.590. The number of carbonyl (C=O) groups excluding carboxylic acids is 1. The average molecular weight is 176 g/mol. The third-order valence-electron chi connectivity index (χ3n) is 0.592. The standard InChI is InChI=1S/C3H3F3O3S/c4-2(3(5)7)1-10(6,8)9/h2H,1H2. The lowest BCUT2D eigenvalue weighted by Crippen LogP contribution is -2.19. The molecule has 3 nitrogen and oxygen atoms in total. The number of alkyl halides is 1. The van der Waals surface area contributed by atoms with Gasteiger partial charge >= 0.3 is 16.3 Å². The van der Waals surface area contributed by atoms with Crippen LogP contribution in [0, 0.1) is 0 Å². The van der Waals surface area contributed by atoms with Crippen molar-refractivity contribution in [1.82, 2.24) is 0 Å². The van der Waals surface area contributed by atoms with Crippen molar-refractivity contribution in [2.45, 2.75) is 6.17 Å². The van der Waals surface area contributed by atoms with Crippen LogP contribution in [0.15, 0.2) is 0 Å². The molecular formula is C3H3F3O3S. The Morgan fingerprint density at radius 3 is 2.00 bits per heavy atom. The molecule has 0 aromatic carbocycles. The summed E-state index contributed by atoms with van der Waals surface area (Å²) in [7, 11) is -5.10. The molecule has 7 heteroatoms. The van der Waals surface area contributed by atoms with Crippen molar-refractivity contribution in [2.75, 3.05) is 5.75 Å². The Kier molecular flexibility index (Phi) is 2.82. The summed E-state index contributed by atoms with van der Waals surface area (Å²) in [6, 6.07) is -2.48. The molecule has 0 aliphatic heterocycles. The van der Waals surface area contributed by atoms with E-state index in [0.29, 0.717) is 0 Å². The van der Waals surface area contributed by atoms with Gasteiger partial charge in [-0.1, -0.05) is 0 Å². The minimum absolute atomic E-state index is 1.75. The highest BCUT2D eigenvalue weighted by Gasteiger charge is 2.24. The van der Waals surface area contributed by atoms with Crippen molar-refractivity contribution < 1.29 is 25.9 Å². The summed E-state index contributed by atoms with van der Waals surface area (Å²) in [5.74, 6) is -1.75. The van der Waals surface area contributed by atoms with E-state index in [1.54, 1.807) is 0 Å². The summed E-state index contributed by atoms with van der Waals surface area (Å²) in [5.41, 5.74) is 0. The lowest BCUT2D eigenvalue weighted by atomic mass is 10.5. The molecule has 0 fully saturated rings. The van der Waals surface area contributed by atoms with E-state index >= 15 is 0 Å². The van der Waals surface area contributed by atoms with Gasteiger partial charge in [-0.3, -0.25) is 4.79 Å². The van der Waals surface area contributed by atoms with Crippen LogP contribution in [0.3, 0.4) is 0 Å². The van der Waals surface area contributed by atoms with Crippen molar-refractivity contribution >= 4 is 16.3 Å². The van der Waals surface area contributed by atoms with Crippen LogP contribution in [-0.4, -0.2) is 26.4 Å². The monoisotopic (exact) mass is 176 g/mol. The maximum atomic E-state index is 11.7. The van der Waals surface area contributed by atoms with Crippen LogP contribution in [0.4, 0.5) is 12.7 Å². The summed E-state index contributed by atoms with van der Waals surface area (Å²) < 4.78 is 53.3. The third kappa shape index (κ3) is 4.30. The molecule has 0 aliphatic rings. The second-order valence-electron chi connectivity index (χ2n) is 1.48. The van der Waals surface area contributed by atoms with Crippen molar-refractivity contribution in [1.29, 1.82) is 0 Å². The topological polar surface area (TPSA) is 51.2 Å². The zero-order valence-electron chi connectivity index (χ0n) is 4.55. The largest absolute Gasteiger partial charge is 0.336 e. The molecule has 0 saturated carbocycles. The number of hydrogen-bond acceptors (Lipinski definition) is 3. The van der Waals surface area contributed by atoms with Crippen molar-refractivity contribution in [3.05, 3.63) is 0 Å². The molecule has 0 heterocycles. The van der Waals surface area contributed by atoms with Gasteiger partial charge < -0.3 is 0 Å². The molecule has 10 heavy (non-hydrogen) atoms. The molecule has 0 aliphatic carbocycles. The van der Waals surface area contributed by atoms with E-state index in [4.69, 9.17) is 0 Å². The van der Waals surface area contributed by atoms with Gasteiger partial charge in [-0.05, 0) is 0 Å². The molecule has 0 rings (SSSR count). The molecule has 60 valence electrons. The van der Waals surface area contributed by atoms with Crippen molar-refractivity contribution in [3.63, 3.8) is 0 Å². The lowest BCUT2D eigenvalue weighted by Gasteiger charge is -1.94. The molecule has 0 aromatic rings. The quantitative estimate of drug-likeness (QED) is 0.574. The highest BCUT2D eigenvalue weighted by atomic mass is 32.3. The normalized spacial score (nSPS) is 14.7. The highest BCUT2D eigenvalue weighted by Crippen LogP contribution is 2.01. The molecule has 0 aromatic heterocycles. The molecule has 0 N–H and O–H groups in total. The molecule has 1 unspecified atom stereocenters. The first-order chi connectivity index (χ1) is 4.33. The van der Waals surface area contributed by atoms with Crippen molar-refractivity contribution in [3.8, 4) is 0 Å². The smallest absolute Gasteiger partial charge is 0.258 e. The van der Waals surface area contributed by atoms with Gasteiger partial charge in [0.1, 0.15) is 5.75 Å². The van der Waals surface area contributed by atoms with E-state index in [9.17, 15) is 25.9 Å². The Morgan fingerprint density at radius 1 is 1.50 bits per heavy atom. The molecule has 0 radical (unpaired) electrons. The van der Waals surface area contributed by atoms with E-state index in [0.717, 1.165) is 0 Å². The second kappa shape index (κ2) is 3.00. The number of halogens is 3. The van der Waals surface area contributed by atoms with Gasteiger partial charge in [-0.25, -0.2) is 4.39 Å².